The van der Waals surface area contributed by atoms with Crippen LogP contribution in [0.15, 0.2) is 33.7 Å². The number of aromatic nitrogens is 1. The van der Waals surface area contributed by atoms with Crippen LogP contribution in [0.1, 0.15) is 42.2 Å². The Kier molecular flexibility index (Phi) is 5.55. The van der Waals surface area contributed by atoms with Gasteiger partial charge in [0, 0.05) is 31.1 Å². The van der Waals surface area contributed by atoms with Gasteiger partial charge in [-0.25, -0.2) is 9.98 Å². The molecule has 3 N–H and O–H groups in total. The Labute approximate surface area is 153 Å². The fraction of sp³-hybridized carbons (Fsp3) is 0.421. The Morgan fingerprint density at radius 2 is 2.15 bits per heavy atom. The summed E-state index contributed by atoms with van der Waals surface area (Å²) in [5.41, 5.74) is 2.93. The number of amides is 1. The van der Waals surface area contributed by atoms with E-state index in [1.54, 1.807) is 0 Å². The Bertz CT molecular complexity index is 793. The number of hydrogen-bond acceptors (Lipinski definition) is 4. The van der Waals surface area contributed by atoms with Crippen LogP contribution in [0.4, 0.5) is 5.69 Å². The van der Waals surface area contributed by atoms with Crippen molar-refractivity contribution in [3.8, 4) is 0 Å². The average molecular weight is 355 g/mol. The molecule has 7 nitrogen and oxygen atoms in total. The highest BCUT2D eigenvalue weighted by atomic mass is 16.4. The molecule has 26 heavy (non-hydrogen) atoms. The third-order valence-electron chi connectivity index (χ3n) is 4.41. The number of oxazole rings is 1. The fourth-order valence-electron chi connectivity index (χ4n) is 3.00. The summed E-state index contributed by atoms with van der Waals surface area (Å²) in [7, 11) is 0. The third kappa shape index (κ3) is 4.22. The number of rotatable bonds is 5. The molecule has 1 aromatic heterocycles. The molecule has 0 saturated carbocycles. The van der Waals surface area contributed by atoms with Crippen LogP contribution in [-0.2, 0) is 11.3 Å². The summed E-state index contributed by atoms with van der Waals surface area (Å²) in [4.78, 5) is 20.8. The Morgan fingerprint density at radius 3 is 2.88 bits per heavy atom. The topological polar surface area (TPSA) is 91.6 Å². The van der Waals surface area contributed by atoms with E-state index >= 15 is 0 Å². The number of fused-ring (bicyclic) bond motifs is 1. The molecule has 0 fully saturated rings. The molecule has 1 aliphatic heterocycles. The molecule has 3 rings (SSSR count). The van der Waals surface area contributed by atoms with Gasteiger partial charge in [-0.3, -0.25) is 4.79 Å². The van der Waals surface area contributed by atoms with Gasteiger partial charge in [0.2, 0.25) is 11.8 Å². The molecule has 2 heterocycles. The third-order valence-corrected chi connectivity index (χ3v) is 4.41. The van der Waals surface area contributed by atoms with E-state index in [0.717, 1.165) is 29.2 Å². The number of aryl methyl sites for hydroxylation is 2. The highest BCUT2D eigenvalue weighted by Gasteiger charge is 2.24. The predicted octanol–water partition coefficient (Wildman–Crippen LogP) is 2.47. The molecule has 1 aliphatic rings. The van der Waals surface area contributed by atoms with Gasteiger partial charge in [0.15, 0.2) is 5.96 Å². The van der Waals surface area contributed by atoms with Crippen LogP contribution in [0.2, 0.25) is 0 Å². The van der Waals surface area contributed by atoms with Crippen LogP contribution in [-0.4, -0.2) is 29.9 Å². The highest BCUT2D eigenvalue weighted by molar-refractivity contribution is 5.94. The largest absolute Gasteiger partial charge is 0.444 e. The number of guanidine groups is 1. The van der Waals surface area contributed by atoms with Crippen LogP contribution < -0.4 is 16.0 Å². The second-order valence-corrected chi connectivity index (χ2v) is 6.36. The predicted molar refractivity (Wildman–Crippen MR) is 101 cm³/mol. The first-order chi connectivity index (χ1) is 12.6. The summed E-state index contributed by atoms with van der Waals surface area (Å²) in [6.07, 6.45) is 0.460. The maximum absolute atomic E-state index is 11.9. The van der Waals surface area contributed by atoms with Crippen LogP contribution in [0, 0.1) is 13.8 Å². The van der Waals surface area contributed by atoms with E-state index < -0.39 is 0 Å². The minimum atomic E-state index is 0.0446. The smallest absolute Gasteiger partial charge is 0.225 e. The summed E-state index contributed by atoms with van der Waals surface area (Å²) in [5, 5.41) is 9.47. The molecule has 0 aliphatic carbocycles. The van der Waals surface area contributed by atoms with Crippen molar-refractivity contribution in [3.63, 3.8) is 0 Å². The molecule has 1 atom stereocenters. The molecule has 138 valence electrons. The average Bonchev–Trinajstić information content (AvgIpc) is 2.95. The van der Waals surface area contributed by atoms with Crippen LogP contribution >= 0.6 is 0 Å². The van der Waals surface area contributed by atoms with Crippen molar-refractivity contribution in [1.82, 2.24) is 15.6 Å². The van der Waals surface area contributed by atoms with Gasteiger partial charge >= 0.3 is 0 Å². The number of carbonyl (C=O) groups excluding carboxylic acids is 1. The molecule has 0 bridgehead atoms. The van der Waals surface area contributed by atoms with Crippen molar-refractivity contribution in [1.29, 1.82) is 0 Å². The summed E-state index contributed by atoms with van der Waals surface area (Å²) in [6.45, 7) is 7.56. The molecule has 0 radical (unpaired) electrons. The first-order valence-corrected chi connectivity index (χ1v) is 8.90. The van der Waals surface area contributed by atoms with Gasteiger partial charge in [0.05, 0.1) is 5.69 Å². The maximum Gasteiger partial charge on any atom is 0.225 e. The molecule has 1 amide bonds. The zero-order valence-electron chi connectivity index (χ0n) is 15.4. The van der Waals surface area contributed by atoms with Gasteiger partial charge in [0.25, 0.3) is 0 Å². The van der Waals surface area contributed by atoms with Gasteiger partial charge in [-0.1, -0.05) is 18.2 Å². The second kappa shape index (κ2) is 8.03. The molecule has 7 heteroatoms. The Balaban J connectivity index is 1.67. The standard InChI is InChI=1S/C19H25N5O2/c1-4-20-19(22-11-18-23-12(2)13(3)26-18)21-10-14-9-17(25)24-16-8-6-5-7-15(14)16/h5-8,14H,4,9-11H2,1-3H3,(H,24,25)(H2,20,21,22). The van der Waals surface area contributed by atoms with Crippen molar-refractivity contribution in [2.75, 3.05) is 18.4 Å². The summed E-state index contributed by atoms with van der Waals surface area (Å²) >= 11 is 0. The zero-order valence-corrected chi connectivity index (χ0v) is 15.4. The van der Waals surface area contributed by atoms with Crippen LogP contribution in [0.5, 0.6) is 0 Å². The normalized spacial score (nSPS) is 16.8. The fourth-order valence-corrected chi connectivity index (χ4v) is 3.00. The van der Waals surface area contributed by atoms with E-state index in [4.69, 9.17) is 4.42 Å². The van der Waals surface area contributed by atoms with E-state index in [9.17, 15) is 4.79 Å². The van der Waals surface area contributed by atoms with Gasteiger partial charge in [0.1, 0.15) is 12.3 Å². The van der Waals surface area contributed by atoms with Gasteiger partial charge in [-0.05, 0) is 32.4 Å². The minimum Gasteiger partial charge on any atom is -0.444 e. The lowest BCUT2D eigenvalue weighted by atomic mass is 9.90. The lowest BCUT2D eigenvalue weighted by Gasteiger charge is -2.26. The number of carbonyl (C=O) groups is 1. The van der Waals surface area contributed by atoms with E-state index in [1.165, 1.54) is 0 Å². The molecule has 0 spiro atoms. The van der Waals surface area contributed by atoms with Crippen molar-refractivity contribution in [2.45, 2.75) is 39.7 Å². The lowest BCUT2D eigenvalue weighted by Crippen LogP contribution is -2.40. The monoisotopic (exact) mass is 355 g/mol. The molecular weight excluding hydrogens is 330 g/mol. The first kappa shape index (κ1) is 18.0. The Morgan fingerprint density at radius 1 is 1.35 bits per heavy atom. The summed E-state index contributed by atoms with van der Waals surface area (Å²) in [5.74, 6) is 2.25. The lowest BCUT2D eigenvalue weighted by molar-refractivity contribution is -0.116. The number of nitrogens with zero attached hydrogens (tertiary/aromatic N) is 2. The van der Waals surface area contributed by atoms with Crippen LogP contribution in [0.3, 0.4) is 0 Å². The number of para-hydroxylation sites is 1. The van der Waals surface area contributed by atoms with Crippen molar-refractivity contribution in [3.05, 3.63) is 47.2 Å². The molecule has 1 unspecified atom stereocenters. The maximum atomic E-state index is 11.9. The Hall–Kier alpha value is -2.83. The van der Waals surface area contributed by atoms with Gasteiger partial charge in [-0.15, -0.1) is 0 Å². The molecule has 0 saturated heterocycles. The number of aliphatic imine (C=N–C) groups is 1. The number of hydrogen-bond donors (Lipinski definition) is 3. The van der Waals surface area contributed by atoms with E-state index in [0.29, 0.717) is 31.4 Å². The molecular formula is C19H25N5O2. The number of nitrogens with one attached hydrogen (secondary N) is 3. The van der Waals surface area contributed by atoms with Crippen LogP contribution in [0.25, 0.3) is 0 Å². The summed E-state index contributed by atoms with van der Waals surface area (Å²) < 4.78 is 5.57. The number of benzene rings is 1. The van der Waals surface area contributed by atoms with Crippen molar-refractivity contribution >= 4 is 17.6 Å². The molecule has 1 aromatic carbocycles. The summed E-state index contributed by atoms with van der Waals surface area (Å²) in [6, 6.07) is 7.92. The second-order valence-electron chi connectivity index (χ2n) is 6.36. The van der Waals surface area contributed by atoms with Crippen molar-refractivity contribution in [2.24, 2.45) is 4.99 Å². The highest BCUT2D eigenvalue weighted by Crippen LogP contribution is 2.31. The number of anilines is 1. The SMILES string of the molecule is CCNC(=NCc1nc(C)c(C)o1)NCC1CC(=O)Nc2ccccc21. The van der Waals surface area contributed by atoms with E-state index in [2.05, 4.69) is 32.0 Å². The first-order valence-electron chi connectivity index (χ1n) is 8.90. The molecule has 2 aromatic rings. The van der Waals surface area contributed by atoms with Crippen molar-refractivity contribution < 1.29 is 9.21 Å². The zero-order chi connectivity index (χ0) is 18.5. The van der Waals surface area contributed by atoms with E-state index in [1.807, 2.05) is 39.0 Å². The minimum absolute atomic E-state index is 0.0446. The van der Waals surface area contributed by atoms with Gasteiger partial charge < -0.3 is 20.4 Å². The van der Waals surface area contributed by atoms with E-state index in [-0.39, 0.29) is 11.8 Å². The van der Waals surface area contributed by atoms with Gasteiger partial charge in [-0.2, -0.15) is 0 Å². The quantitative estimate of drug-likeness (QED) is 0.566.